The molecular formula is C14H18BrNO2. The minimum Gasteiger partial charge on any atom is -0.496 e. The Labute approximate surface area is 116 Å². The fourth-order valence-electron chi connectivity index (χ4n) is 2.41. The molecule has 1 aliphatic rings. The minimum atomic E-state index is 0.0830. The molecule has 4 heteroatoms. The molecule has 0 spiro atoms. The number of carbonyl (C=O) groups is 1. The van der Waals surface area contributed by atoms with Crippen molar-refractivity contribution in [3.8, 4) is 5.75 Å². The van der Waals surface area contributed by atoms with Gasteiger partial charge in [0.1, 0.15) is 12.0 Å². The first kappa shape index (κ1) is 13.6. The first-order valence-corrected chi connectivity index (χ1v) is 7.05. The van der Waals surface area contributed by atoms with E-state index in [1.54, 1.807) is 7.11 Å². The standard InChI is InChI=1S/C14H18BrNO2/c1-18-14-6-5-11(8-13(14)15)9-16-7-3-2-4-12(16)10-17/h5-6,8,10,12H,2-4,7,9H2,1H3. The molecule has 2 rings (SSSR count). The average molecular weight is 312 g/mol. The molecule has 1 atom stereocenters. The molecule has 0 aromatic heterocycles. The molecule has 0 N–H and O–H groups in total. The Morgan fingerprint density at radius 3 is 3.00 bits per heavy atom. The first-order valence-electron chi connectivity index (χ1n) is 6.26. The van der Waals surface area contributed by atoms with Gasteiger partial charge in [0.05, 0.1) is 17.6 Å². The van der Waals surface area contributed by atoms with Gasteiger partial charge in [-0.15, -0.1) is 0 Å². The fourth-order valence-corrected chi connectivity index (χ4v) is 3.00. The van der Waals surface area contributed by atoms with E-state index in [0.717, 1.165) is 42.4 Å². The molecule has 1 aromatic rings. The third kappa shape index (κ3) is 3.12. The minimum absolute atomic E-state index is 0.0830. The SMILES string of the molecule is COc1ccc(CN2CCCCC2C=O)cc1Br. The summed E-state index contributed by atoms with van der Waals surface area (Å²) in [6.45, 7) is 1.83. The molecule has 0 radical (unpaired) electrons. The fraction of sp³-hybridized carbons (Fsp3) is 0.500. The molecule has 1 aliphatic heterocycles. The number of ether oxygens (including phenoxy) is 1. The van der Waals surface area contributed by atoms with E-state index < -0.39 is 0 Å². The number of benzene rings is 1. The molecule has 0 aliphatic carbocycles. The topological polar surface area (TPSA) is 29.5 Å². The van der Waals surface area contributed by atoms with Crippen molar-refractivity contribution in [2.24, 2.45) is 0 Å². The number of hydrogen-bond acceptors (Lipinski definition) is 3. The number of methoxy groups -OCH3 is 1. The van der Waals surface area contributed by atoms with E-state index in [9.17, 15) is 4.79 Å². The second-order valence-electron chi connectivity index (χ2n) is 4.64. The highest BCUT2D eigenvalue weighted by molar-refractivity contribution is 9.10. The van der Waals surface area contributed by atoms with Gasteiger partial charge in [-0.25, -0.2) is 0 Å². The van der Waals surface area contributed by atoms with Gasteiger partial charge in [-0.1, -0.05) is 12.5 Å². The zero-order valence-corrected chi connectivity index (χ0v) is 12.1. The lowest BCUT2D eigenvalue weighted by molar-refractivity contribution is -0.113. The molecule has 18 heavy (non-hydrogen) atoms. The summed E-state index contributed by atoms with van der Waals surface area (Å²) in [7, 11) is 1.66. The van der Waals surface area contributed by atoms with E-state index in [-0.39, 0.29) is 6.04 Å². The molecular weight excluding hydrogens is 294 g/mol. The van der Waals surface area contributed by atoms with Crippen LogP contribution in [0.2, 0.25) is 0 Å². The second-order valence-corrected chi connectivity index (χ2v) is 5.49. The predicted molar refractivity (Wildman–Crippen MR) is 74.8 cm³/mol. The summed E-state index contributed by atoms with van der Waals surface area (Å²) in [5, 5.41) is 0. The summed E-state index contributed by atoms with van der Waals surface area (Å²) in [5.74, 6) is 0.837. The zero-order chi connectivity index (χ0) is 13.0. The number of carbonyl (C=O) groups excluding carboxylic acids is 1. The van der Waals surface area contributed by atoms with Crippen LogP contribution in [-0.4, -0.2) is 30.9 Å². The highest BCUT2D eigenvalue weighted by Crippen LogP contribution is 2.27. The predicted octanol–water partition coefficient (Wildman–Crippen LogP) is 3.01. The van der Waals surface area contributed by atoms with Gasteiger partial charge in [-0.05, 0) is 53.0 Å². The Kier molecular flexibility index (Phi) is 4.78. The van der Waals surface area contributed by atoms with E-state index in [2.05, 4.69) is 33.0 Å². The molecule has 0 bridgehead atoms. The number of halogens is 1. The van der Waals surface area contributed by atoms with Crippen LogP contribution in [0.3, 0.4) is 0 Å². The summed E-state index contributed by atoms with van der Waals surface area (Å²) >= 11 is 3.49. The van der Waals surface area contributed by atoms with Crippen LogP contribution in [0, 0.1) is 0 Å². The van der Waals surface area contributed by atoms with Gasteiger partial charge in [0, 0.05) is 6.54 Å². The number of rotatable bonds is 4. The van der Waals surface area contributed by atoms with Crippen molar-refractivity contribution in [3.05, 3.63) is 28.2 Å². The third-order valence-corrected chi connectivity index (χ3v) is 4.04. The van der Waals surface area contributed by atoms with Crippen molar-refractivity contribution in [3.63, 3.8) is 0 Å². The Morgan fingerprint density at radius 2 is 2.33 bits per heavy atom. The maximum atomic E-state index is 11.1. The molecule has 1 unspecified atom stereocenters. The van der Waals surface area contributed by atoms with Gasteiger partial charge < -0.3 is 9.53 Å². The van der Waals surface area contributed by atoms with Crippen molar-refractivity contribution in [2.75, 3.05) is 13.7 Å². The van der Waals surface area contributed by atoms with Gasteiger partial charge in [0.2, 0.25) is 0 Å². The largest absolute Gasteiger partial charge is 0.496 e. The summed E-state index contributed by atoms with van der Waals surface area (Å²) in [4.78, 5) is 13.3. The van der Waals surface area contributed by atoms with Crippen molar-refractivity contribution in [1.82, 2.24) is 4.90 Å². The summed E-state index contributed by atoms with van der Waals surface area (Å²) < 4.78 is 6.18. The molecule has 0 amide bonds. The molecule has 3 nitrogen and oxygen atoms in total. The summed E-state index contributed by atoms with van der Waals surface area (Å²) in [6, 6.07) is 6.16. The van der Waals surface area contributed by atoms with Crippen LogP contribution in [0.15, 0.2) is 22.7 Å². The normalized spacial score (nSPS) is 20.7. The van der Waals surface area contributed by atoms with Crippen LogP contribution in [-0.2, 0) is 11.3 Å². The lowest BCUT2D eigenvalue weighted by Gasteiger charge is -2.32. The quantitative estimate of drug-likeness (QED) is 0.801. The van der Waals surface area contributed by atoms with Gasteiger partial charge >= 0.3 is 0 Å². The number of hydrogen-bond donors (Lipinski definition) is 0. The molecule has 1 fully saturated rings. The highest BCUT2D eigenvalue weighted by atomic mass is 79.9. The number of likely N-dealkylation sites (tertiary alicyclic amines) is 1. The number of aldehydes is 1. The molecule has 0 saturated carbocycles. The van der Waals surface area contributed by atoms with Crippen LogP contribution in [0.1, 0.15) is 24.8 Å². The maximum Gasteiger partial charge on any atom is 0.137 e. The van der Waals surface area contributed by atoms with Gasteiger partial charge in [0.15, 0.2) is 0 Å². The van der Waals surface area contributed by atoms with Gasteiger partial charge in [-0.3, -0.25) is 4.90 Å². The van der Waals surface area contributed by atoms with Crippen molar-refractivity contribution in [2.45, 2.75) is 31.8 Å². The van der Waals surface area contributed by atoms with E-state index in [1.807, 2.05) is 6.07 Å². The Balaban J connectivity index is 2.08. The number of piperidine rings is 1. The average Bonchev–Trinajstić information content (AvgIpc) is 2.39. The third-order valence-electron chi connectivity index (χ3n) is 3.42. The van der Waals surface area contributed by atoms with Crippen LogP contribution >= 0.6 is 15.9 Å². The van der Waals surface area contributed by atoms with E-state index >= 15 is 0 Å². The summed E-state index contributed by atoms with van der Waals surface area (Å²) in [5.41, 5.74) is 1.21. The first-order chi connectivity index (χ1) is 8.74. The monoisotopic (exact) mass is 311 g/mol. The molecule has 1 saturated heterocycles. The van der Waals surface area contributed by atoms with E-state index in [4.69, 9.17) is 4.74 Å². The van der Waals surface area contributed by atoms with Crippen LogP contribution < -0.4 is 4.74 Å². The highest BCUT2D eigenvalue weighted by Gasteiger charge is 2.21. The maximum absolute atomic E-state index is 11.1. The van der Waals surface area contributed by atoms with Crippen LogP contribution in [0.25, 0.3) is 0 Å². The van der Waals surface area contributed by atoms with E-state index in [1.165, 1.54) is 12.0 Å². The Morgan fingerprint density at radius 1 is 1.50 bits per heavy atom. The van der Waals surface area contributed by atoms with E-state index in [0.29, 0.717) is 0 Å². The van der Waals surface area contributed by atoms with Crippen molar-refractivity contribution < 1.29 is 9.53 Å². The smallest absolute Gasteiger partial charge is 0.137 e. The van der Waals surface area contributed by atoms with Crippen molar-refractivity contribution >= 4 is 22.2 Å². The Bertz CT molecular complexity index is 422. The number of nitrogens with zero attached hydrogens (tertiary/aromatic N) is 1. The Hall–Kier alpha value is -0.870. The second kappa shape index (κ2) is 6.34. The lowest BCUT2D eigenvalue weighted by atomic mass is 10.0. The molecule has 1 aromatic carbocycles. The lowest BCUT2D eigenvalue weighted by Crippen LogP contribution is -2.39. The zero-order valence-electron chi connectivity index (χ0n) is 10.6. The van der Waals surface area contributed by atoms with Crippen LogP contribution in [0.5, 0.6) is 5.75 Å². The van der Waals surface area contributed by atoms with Gasteiger partial charge in [0.25, 0.3) is 0 Å². The van der Waals surface area contributed by atoms with Crippen molar-refractivity contribution in [1.29, 1.82) is 0 Å². The van der Waals surface area contributed by atoms with Gasteiger partial charge in [-0.2, -0.15) is 0 Å². The molecule has 98 valence electrons. The molecule has 1 heterocycles. The summed E-state index contributed by atoms with van der Waals surface area (Å²) in [6.07, 6.45) is 4.41. The van der Waals surface area contributed by atoms with Crippen LogP contribution in [0.4, 0.5) is 0 Å².